The molecule has 0 saturated carbocycles. The molecule has 0 heterocycles. The number of hydrogen-bond donors (Lipinski definition) is 1. The summed E-state index contributed by atoms with van der Waals surface area (Å²) in [6.07, 6.45) is 5.42. The van der Waals surface area contributed by atoms with Crippen molar-refractivity contribution >= 4 is 0 Å². The molecule has 0 aromatic carbocycles. The zero-order chi connectivity index (χ0) is 10.5. The predicted octanol–water partition coefficient (Wildman–Crippen LogP) is 3.24. The Kier molecular flexibility index (Phi) is 5.31. The van der Waals surface area contributed by atoms with Crippen molar-refractivity contribution in [1.82, 2.24) is 0 Å². The number of allylic oxidation sites excluding steroid dienone is 2. The lowest BCUT2D eigenvalue weighted by molar-refractivity contribution is 0.126. The van der Waals surface area contributed by atoms with Gasteiger partial charge in [0.1, 0.15) is 0 Å². The summed E-state index contributed by atoms with van der Waals surface area (Å²) in [6.45, 7) is 11.1. The largest absolute Gasteiger partial charge is 0.396 e. The molecule has 0 rings (SSSR count). The summed E-state index contributed by atoms with van der Waals surface area (Å²) in [7, 11) is 0. The van der Waals surface area contributed by atoms with Crippen molar-refractivity contribution in [2.45, 2.75) is 41.0 Å². The first-order valence-electron chi connectivity index (χ1n) is 5.16. The second-order valence-electron chi connectivity index (χ2n) is 4.89. The van der Waals surface area contributed by atoms with Gasteiger partial charge in [-0.15, -0.1) is 0 Å². The van der Waals surface area contributed by atoms with Gasteiger partial charge in [0, 0.05) is 6.61 Å². The first kappa shape index (κ1) is 12.7. The molecule has 0 aliphatic heterocycles. The molecule has 1 N–H and O–H groups in total. The van der Waals surface area contributed by atoms with E-state index in [0.29, 0.717) is 11.8 Å². The van der Waals surface area contributed by atoms with Crippen molar-refractivity contribution in [1.29, 1.82) is 0 Å². The molecule has 0 aliphatic carbocycles. The van der Waals surface area contributed by atoms with Gasteiger partial charge < -0.3 is 5.11 Å². The number of aliphatic hydroxyl groups excluding tert-OH is 1. The summed E-state index contributed by atoms with van der Waals surface area (Å²) in [5.41, 5.74) is 0.0647. The Bertz CT molecular complexity index is 159. The summed E-state index contributed by atoms with van der Waals surface area (Å²) < 4.78 is 0. The maximum atomic E-state index is 9.14. The lowest BCUT2D eigenvalue weighted by atomic mass is 9.79. The van der Waals surface area contributed by atoms with Crippen LogP contribution in [0.1, 0.15) is 41.0 Å². The van der Waals surface area contributed by atoms with Gasteiger partial charge in [0.25, 0.3) is 0 Å². The molecule has 0 saturated heterocycles. The topological polar surface area (TPSA) is 20.2 Å². The first-order valence-corrected chi connectivity index (χ1v) is 5.16. The lowest BCUT2D eigenvalue weighted by Crippen LogP contribution is -2.22. The van der Waals surface area contributed by atoms with Crippen LogP contribution in [0, 0.1) is 17.3 Å². The van der Waals surface area contributed by atoms with E-state index in [2.05, 4.69) is 46.8 Å². The van der Waals surface area contributed by atoms with Crippen molar-refractivity contribution in [2.24, 2.45) is 17.3 Å². The fourth-order valence-electron chi connectivity index (χ4n) is 1.62. The van der Waals surface area contributed by atoms with Crippen LogP contribution < -0.4 is 0 Å². The Morgan fingerprint density at radius 3 is 2.23 bits per heavy atom. The third-order valence-corrected chi connectivity index (χ3v) is 2.70. The Morgan fingerprint density at radius 2 is 1.85 bits per heavy atom. The summed E-state index contributed by atoms with van der Waals surface area (Å²) in [4.78, 5) is 0. The van der Waals surface area contributed by atoms with Crippen LogP contribution in [-0.4, -0.2) is 11.7 Å². The smallest absolute Gasteiger partial charge is 0.0482 e. The van der Waals surface area contributed by atoms with Crippen molar-refractivity contribution in [2.75, 3.05) is 6.61 Å². The fraction of sp³-hybridized carbons (Fsp3) is 0.833. The summed E-state index contributed by atoms with van der Waals surface area (Å²) in [5.74, 6) is 1.24. The quantitative estimate of drug-likeness (QED) is 0.650. The van der Waals surface area contributed by atoms with Crippen LogP contribution in [0.15, 0.2) is 12.2 Å². The van der Waals surface area contributed by atoms with Gasteiger partial charge in [-0.1, -0.05) is 39.8 Å². The van der Waals surface area contributed by atoms with Gasteiger partial charge in [0.05, 0.1) is 0 Å². The maximum Gasteiger partial charge on any atom is 0.0482 e. The minimum Gasteiger partial charge on any atom is -0.396 e. The highest BCUT2D eigenvalue weighted by Crippen LogP contribution is 2.29. The van der Waals surface area contributed by atoms with Crippen LogP contribution in [0.25, 0.3) is 0 Å². The van der Waals surface area contributed by atoms with Gasteiger partial charge in [0.2, 0.25) is 0 Å². The zero-order valence-corrected chi connectivity index (χ0v) is 9.67. The molecule has 13 heavy (non-hydrogen) atoms. The van der Waals surface area contributed by atoms with E-state index in [-0.39, 0.29) is 12.0 Å². The Balaban J connectivity index is 4.06. The first-order chi connectivity index (χ1) is 5.93. The second kappa shape index (κ2) is 5.43. The molecule has 0 radical (unpaired) electrons. The van der Waals surface area contributed by atoms with Crippen LogP contribution in [0.4, 0.5) is 0 Å². The molecule has 0 aromatic rings. The SMILES string of the molecule is C/C=C\[C@@H](C)C(C)CC(C)(C)CO. The van der Waals surface area contributed by atoms with Crippen molar-refractivity contribution in [3.63, 3.8) is 0 Å². The van der Waals surface area contributed by atoms with E-state index in [1.165, 1.54) is 0 Å². The number of hydrogen-bond acceptors (Lipinski definition) is 1. The van der Waals surface area contributed by atoms with Crippen molar-refractivity contribution in [3.05, 3.63) is 12.2 Å². The van der Waals surface area contributed by atoms with Gasteiger partial charge in [-0.05, 0) is 30.6 Å². The Hall–Kier alpha value is -0.300. The number of aliphatic hydroxyl groups is 1. The molecule has 0 aliphatic rings. The zero-order valence-electron chi connectivity index (χ0n) is 9.67. The summed E-state index contributed by atoms with van der Waals surface area (Å²) >= 11 is 0. The van der Waals surface area contributed by atoms with E-state index < -0.39 is 0 Å². The standard InChI is InChI=1S/C12H24O/c1-6-7-10(2)11(3)8-12(4,5)9-13/h6-7,10-11,13H,8-9H2,1-5H3/b7-6-/t10-,11?/m1/s1. The fourth-order valence-corrected chi connectivity index (χ4v) is 1.62. The second-order valence-corrected chi connectivity index (χ2v) is 4.89. The molecule has 2 atom stereocenters. The molecule has 0 aromatic heterocycles. The highest BCUT2D eigenvalue weighted by atomic mass is 16.3. The van der Waals surface area contributed by atoms with Crippen molar-refractivity contribution < 1.29 is 5.11 Å². The molecule has 1 nitrogen and oxygen atoms in total. The van der Waals surface area contributed by atoms with Gasteiger partial charge in [-0.3, -0.25) is 0 Å². The summed E-state index contributed by atoms with van der Waals surface area (Å²) in [5, 5.41) is 9.14. The minimum atomic E-state index is 0.0647. The third kappa shape index (κ3) is 5.09. The van der Waals surface area contributed by atoms with Gasteiger partial charge in [-0.25, -0.2) is 0 Å². The average Bonchev–Trinajstić information content (AvgIpc) is 2.04. The lowest BCUT2D eigenvalue weighted by Gasteiger charge is -2.28. The van der Waals surface area contributed by atoms with Crippen LogP contribution in [0.5, 0.6) is 0 Å². The molecule has 0 bridgehead atoms. The third-order valence-electron chi connectivity index (χ3n) is 2.70. The van der Waals surface area contributed by atoms with E-state index in [9.17, 15) is 0 Å². The van der Waals surface area contributed by atoms with Gasteiger partial charge in [0.15, 0.2) is 0 Å². The van der Waals surface area contributed by atoms with Crippen LogP contribution in [0.2, 0.25) is 0 Å². The van der Waals surface area contributed by atoms with Crippen LogP contribution in [-0.2, 0) is 0 Å². The van der Waals surface area contributed by atoms with E-state index in [1.807, 2.05) is 0 Å². The Morgan fingerprint density at radius 1 is 1.31 bits per heavy atom. The van der Waals surface area contributed by atoms with E-state index >= 15 is 0 Å². The highest BCUT2D eigenvalue weighted by Gasteiger charge is 2.22. The maximum absolute atomic E-state index is 9.14. The minimum absolute atomic E-state index is 0.0647. The molecular weight excluding hydrogens is 160 g/mol. The average molecular weight is 184 g/mol. The van der Waals surface area contributed by atoms with Gasteiger partial charge >= 0.3 is 0 Å². The van der Waals surface area contributed by atoms with E-state index in [0.717, 1.165) is 6.42 Å². The Labute approximate surface area is 82.9 Å². The highest BCUT2D eigenvalue weighted by molar-refractivity contribution is 4.87. The van der Waals surface area contributed by atoms with E-state index in [4.69, 9.17) is 5.11 Å². The van der Waals surface area contributed by atoms with Crippen molar-refractivity contribution in [3.8, 4) is 0 Å². The van der Waals surface area contributed by atoms with Crippen LogP contribution in [0.3, 0.4) is 0 Å². The van der Waals surface area contributed by atoms with E-state index in [1.54, 1.807) is 0 Å². The molecule has 0 spiro atoms. The predicted molar refractivity (Wildman–Crippen MR) is 58.6 cm³/mol. The molecule has 1 heteroatoms. The van der Waals surface area contributed by atoms with Gasteiger partial charge in [-0.2, -0.15) is 0 Å². The molecular formula is C12H24O. The molecule has 0 fully saturated rings. The molecule has 78 valence electrons. The van der Waals surface area contributed by atoms with Crippen LogP contribution >= 0.6 is 0 Å². The number of rotatable bonds is 5. The monoisotopic (exact) mass is 184 g/mol. The normalized spacial score (nSPS) is 17.7. The summed E-state index contributed by atoms with van der Waals surface area (Å²) in [6, 6.07) is 0. The molecule has 0 amide bonds. The molecule has 1 unspecified atom stereocenters.